The van der Waals surface area contributed by atoms with Crippen molar-refractivity contribution in [1.82, 2.24) is 0 Å². The van der Waals surface area contributed by atoms with E-state index in [0.717, 1.165) is 0 Å². The topological polar surface area (TPSA) is 170 Å². The number of ether oxygens (including phenoxy) is 1. The van der Waals surface area contributed by atoms with Gasteiger partial charge in [-0.2, -0.15) is 0 Å². The van der Waals surface area contributed by atoms with E-state index in [1.54, 1.807) is 13.8 Å². The minimum absolute atomic E-state index is 0.0273. The van der Waals surface area contributed by atoms with Gasteiger partial charge in [0.05, 0.1) is 39.9 Å². The molecule has 1 saturated heterocycles. The largest absolute Gasteiger partial charge is 0.790 e. The lowest BCUT2D eigenvalue weighted by Crippen LogP contribution is -2.60. The Kier molecular flexibility index (Phi) is 9.84. The maximum absolute atomic E-state index is 10.5. The van der Waals surface area contributed by atoms with Crippen molar-refractivity contribution in [3.05, 3.63) is 0 Å². The molecule has 1 rings (SSSR count). The lowest BCUT2D eigenvalue weighted by Gasteiger charge is -2.44. The number of phosphoric ester groups is 1. The smallest absolute Gasteiger partial charge is 0.332 e. The predicted molar refractivity (Wildman–Crippen MR) is 80.8 cm³/mol. The van der Waals surface area contributed by atoms with Gasteiger partial charge in [0.1, 0.15) is 12.7 Å². The van der Waals surface area contributed by atoms with Gasteiger partial charge in [-0.15, -0.1) is 0 Å². The van der Waals surface area contributed by atoms with Crippen LogP contribution in [0.2, 0.25) is 0 Å². The van der Waals surface area contributed by atoms with Gasteiger partial charge in [-0.25, -0.2) is 0 Å². The SMILES string of the molecule is CCOP(OCC)OCCC1CC(O)C(O)[C@@](O)(COP(=O)([O-])[O-])O1. The van der Waals surface area contributed by atoms with Crippen LogP contribution in [0.5, 0.6) is 0 Å². The molecule has 0 aromatic carbocycles. The Hall–Kier alpha value is 0.260. The van der Waals surface area contributed by atoms with Gasteiger partial charge in [0.25, 0.3) is 0 Å². The Bertz CT molecular complexity index is 427. The first-order valence-electron chi connectivity index (χ1n) is 7.73. The van der Waals surface area contributed by atoms with Gasteiger partial charge >= 0.3 is 8.60 Å². The van der Waals surface area contributed by atoms with Gasteiger partial charge in [0.2, 0.25) is 5.79 Å². The third-order valence-corrected chi connectivity index (χ3v) is 5.01. The second kappa shape index (κ2) is 10.6. The molecule has 3 N–H and O–H groups in total. The Morgan fingerprint density at radius 2 is 1.84 bits per heavy atom. The van der Waals surface area contributed by atoms with Gasteiger partial charge < -0.3 is 52.5 Å². The van der Waals surface area contributed by atoms with Crippen LogP contribution in [-0.4, -0.2) is 65.8 Å². The molecule has 11 nitrogen and oxygen atoms in total. The zero-order valence-electron chi connectivity index (χ0n) is 14.0. The van der Waals surface area contributed by atoms with Crippen LogP contribution in [0.15, 0.2) is 0 Å². The van der Waals surface area contributed by atoms with Crippen LogP contribution in [0, 0.1) is 0 Å². The molecule has 1 heterocycles. The molecule has 150 valence electrons. The first-order chi connectivity index (χ1) is 11.6. The molecule has 3 unspecified atom stereocenters. The van der Waals surface area contributed by atoms with Crippen molar-refractivity contribution in [1.29, 1.82) is 0 Å². The summed E-state index contributed by atoms with van der Waals surface area (Å²) in [5.74, 6) is -2.53. The molecule has 0 bridgehead atoms. The normalized spacial score (nSPS) is 30.8. The van der Waals surface area contributed by atoms with Crippen LogP contribution in [0.1, 0.15) is 26.7 Å². The van der Waals surface area contributed by atoms with Crippen molar-refractivity contribution in [2.24, 2.45) is 0 Å². The summed E-state index contributed by atoms with van der Waals surface area (Å²) in [6.07, 6.45) is -3.84. The van der Waals surface area contributed by atoms with E-state index in [4.69, 9.17) is 18.3 Å². The summed E-state index contributed by atoms with van der Waals surface area (Å²) in [6, 6.07) is 0. The molecule has 0 aromatic heterocycles. The highest BCUT2D eigenvalue weighted by Crippen LogP contribution is 2.40. The van der Waals surface area contributed by atoms with Crippen LogP contribution in [0.4, 0.5) is 0 Å². The van der Waals surface area contributed by atoms with Crippen molar-refractivity contribution in [3.8, 4) is 0 Å². The van der Waals surface area contributed by atoms with Crippen LogP contribution >= 0.6 is 16.4 Å². The lowest BCUT2D eigenvalue weighted by molar-refractivity contribution is -0.365. The van der Waals surface area contributed by atoms with E-state index in [1.807, 2.05) is 0 Å². The standard InChI is InChI=1S/C12H26O11P2/c1-3-19-24(20-4-2)21-6-5-9-7-10(13)11(14)12(15,23-9)8-22-25(16,17)18/h9-11,13-15H,3-8H2,1-2H3,(H2,16,17,18)/p-2/t9?,10?,11?,12-/m1/s1. The molecule has 0 spiro atoms. The summed E-state index contributed by atoms with van der Waals surface area (Å²) in [7, 11) is -6.91. The molecule has 0 aromatic rings. The van der Waals surface area contributed by atoms with Crippen molar-refractivity contribution in [2.75, 3.05) is 26.4 Å². The number of aliphatic hydroxyl groups is 3. The average Bonchev–Trinajstić information content (AvgIpc) is 2.51. The molecule has 13 heteroatoms. The van der Waals surface area contributed by atoms with Crippen molar-refractivity contribution in [2.45, 2.75) is 50.8 Å². The Balaban J connectivity index is 2.56. The Morgan fingerprint density at radius 3 is 2.36 bits per heavy atom. The predicted octanol–water partition coefficient (Wildman–Crippen LogP) is -1.26. The number of hydrogen-bond acceptors (Lipinski definition) is 11. The number of phosphoric acid groups is 1. The van der Waals surface area contributed by atoms with E-state index in [-0.39, 0.29) is 19.4 Å². The molecule has 0 aliphatic carbocycles. The van der Waals surface area contributed by atoms with Gasteiger partial charge in [-0.3, -0.25) is 0 Å². The van der Waals surface area contributed by atoms with E-state index >= 15 is 0 Å². The maximum Gasteiger partial charge on any atom is 0.332 e. The summed E-state index contributed by atoms with van der Waals surface area (Å²) in [5, 5.41) is 29.8. The second-order valence-corrected chi connectivity index (χ2v) is 7.61. The average molecular weight is 406 g/mol. The molecule has 4 atom stereocenters. The van der Waals surface area contributed by atoms with Gasteiger partial charge in [-0.1, -0.05) is 0 Å². The third-order valence-electron chi connectivity index (χ3n) is 3.24. The molecular formula is C12H24O11P2-2. The van der Waals surface area contributed by atoms with E-state index in [1.165, 1.54) is 0 Å². The number of aliphatic hydroxyl groups excluding tert-OH is 2. The first kappa shape index (κ1) is 23.3. The highest BCUT2D eigenvalue weighted by atomic mass is 31.2. The molecular weight excluding hydrogens is 382 g/mol. The fourth-order valence-electron chi connectivity index (χ4n) is 2.15. The van der Waals surface area contributed by atoms with E-state index < -0.39 is 47.1 Å². The minimum Gasteiger partial charge on any atom is -0.790 e. The van der Waals surface area contributed by atoms with Gasteiger partial charge in [-0.05, 0) is 20.3 Å². The van der Waals surface area contributed by atoms with Crippen LogP contribution in [0.25, 0.3) is 0 Å². The summed E-state index contributed by atoms with van der Waals surface area (Å²) < 4.78 is 35.6. The molecule has 0 amide bonds. The third kappa shape index (κ3) is 8.21. The summed E-state index contributed by atoms with van der Waals surface area (Å²) in [5.41, 5.74) is 0. The van der Waals surface area contributed by atoms with Crippen LogP contribution in [-0.2, 0) is 27.4 Å². The quantitative estimate of drug-likeness (QED) is 0.350. The second-order valence-electron chi connectivity index (χ2n) is 5.23. The van der Waals surface area contributed by atoms with Crippen molar-refractivity contribution in [3.63, 3.8) is 0 Å². The monoisotopic (exact) mass is 406 g/mol. The highest BCUT2D eigenvalue weighted by molar-refractivity contribution is 7.43. The van der Waals surface area contributed by atoms with Crippen LogP contribution < -0.4 is 9.79 Å². The zero-order chi connectivity index (χ0) is 19.1. The Morgan fingerprint density at radius 1 is 1.24 bits per heavy atom. The zero-order valence-corrected chi connectivity index (χ0v) is 15.8. The van der Waals surface area contributed by atoms with Crippen molar-refractivity contribution < 1.29 is 52.5 Å². The summed E-state index contributed by atoms with van der Waals surface area (Å²) in [6.45, 7) is 3.35. The fourth-order valence-corrected chi connectivity index (χ4v) is 3.40. The highest BCUT2D eigenvalue weighted by Gasteiger charge is 2.48. The summed E-state index contributed by atoms with van der Waals surface area (Å²) >= 11 is 0. The molecule has 1 fully saturated rings. The fraction of sp³-hybridized carbons (Fsp3) is 1.00. The minimum atomic E-state index is -5.38. The molecule has 1 aliphatic rings. The van der Waals surface area contributed by atoms with Gasteiger partial charge in [0, 0.05) is 6.42 Å². The van der Waals surface area contributed by atoms with Crippen molar-refractivity contribution >= 4 is 16.4 Å². The lowest BCUT2D eigenvalue weighted by atomic mass is 9.94. The maximum atomic E-state index is 10.5. The van der Waals surface area contributed by atoms with Gasteiger partial charge in [0.15, 0.2) is 0 Å². The Labute approximate surface area is 147 Å². The summed E-state index contributed by atoms with van der Waals surface area (Å²) in [4.78, 5) is 21.1. The molecule has 1 aliphatic heterocycles. The van der Waals surface area contributed by atoms with E-state index in [9.17, 15) is 29.7 Å². The molecule has 0 radical (unpaired) electrons. The first-order valence-corrected chi connectivity index (χ1v) is 10.3. The van der Waals surface area contributed by atoms with E-state index in [0.29, 0.717) is 13.2 Å². The van der Waals surface area contributed by atoms with Crippen LogP contribution in [0.3, 0.4) is 0 Å². The van der Waals surface area contributed by atoms with E-state index in [2.05, 4.69) is 4.52 Å². The molecule has 0 saturated carbocycles. The number of rotatable bonds is 11. The molecule has 25 heavy (non-hydrogen) atoms. The number of hydrogen-bond donors (Lipinski definition) is 3.